The Hall–Kier alpha value is -1.26. The molecule has 0 spiro atoms. The number of carbonyl (C=O) groups is 1. The zero-order valence-corrected chi connectivity index (χ0v) is 11.9. The van der Waals surface area contributed by atoms with E-state index in [0.717, 1.165) is 12.8 Å². The molecule has 0 saturated heterocycles. The molecule has 0 amide bonds. The molecule has 19 heavy (non-hydrogen) atoms. The van der Waals surface area contributed by atoms with Crippen LogP contribution in [0.2, 0.25) is 5.02 Å². The Labute approximate surface area is 118 Å². The molecule has 0 saturated carbocycles. The van der Waals surface area contributed by atoms with Gasteiger partial charge in [-0.2, -0.15) is 0 Å². The predicted octanol–water partition coefficient (Wildman–Crippen LogP) is 3.27. The lowest BCUT2D eigenvalue weighted by Gasteiger charge is -2.22. The van der Waals surface area contributed by atoms with Crippen molar-refractivity contribution in [2.24, 2.45) is 5.92 Å². The fraction of sp³-hybridized carbons (Fsp3) is 0.500. The molecule has 2 unspecified atom stereocenters. The second-order valence-corrected chi connectivity index (χ2v) is 4.79. The summed E-state index contributed by atoms with van der Waals surface area (Å²) in [7, 11) is 1.46. The standard InChI is InChI=1S/C14H19ClO4/c1-3-4-6-9(14(17)18)13(16)12-10(15)7-5-8-11(12)19-2/h5,7-9,13,16H,3-4,6H2,1-2H3,(H,17,18). The summed E-state index contributed by atoms with van der Waals surface area (Å²) in [5.41, 5.74) is 0.343. The molecule has 4 nitrogen and oxygen atoms in total. The average Bonchev–Trinajstić information content (AvgIpc) is 2.38. The van der Waals surface area contributed by atoms with E-state index in [1.165, 1.54) is 7.11 Å². The molecule has 0 bridgehead atoms. The highest BCUT2D eigenvalue weighted by molar-refractivity contribution is 6.31. The first-order valence-electron chi connectivity index (χ1n) is 6.26. The van der Waals surface area contributed by atoms with Crippen LogP contribution >= 0.6 is 11.6 Å². The van der Waals surface area contributed by atoms with Gasteiger partial charge < -0.3 is 14.9 Å². The van der Waals surface area contributed by atoms with Crippen molar-refractivity contribution in [3.8, 4) is 5.75 Å². The summed E-state index contributed by atoms with van der Waals surface area (Å²) in [6.45, 7) is 1.97. The smallest absolute Gasteiger partial charge is 0.309 e. The van der Waals surface area contributed by atoms with Crippen LogP contribution in [0.1, 0.15) is 37.9 Å². The first kappa shape index (κ1) is 15.8. The number of ether oxygens (including phenoxy) is 1. The number of hydrogen-bond donors (Lipinski definition) is 2. The summed E-state index contributed by atoms with van der Waals surface area (Å²) in [6, 6.07) is 4.96. The Bertz CT molecular complexity index is 433. The maximum absolute atomic E-state index is 11.3. The number of rotatable bonds is 7. The van der Waals surface area contributed by atoms with Crippen molar-refractivity contribution in [1.82, 2.24) is 0 Å². The second-order valence-electron chi connectivity index (χ2n) is 4.39. The molecule has 0 aliphatic rings. The predicted molar refractivity (Wildman–Crippen MR) is 73.6 cm³/mol. The van der Waals surface area contributed by atoms with E-state index in [2.05, 4.69) is 0 Å². The maximum atomic E-state index is 11.3. The van der Waals surface area contributed by atoms with Gasteiger partial charge in [0.15, 0.2) is 0 Å². The second kappa shape index (κ2) is 7.36. The number of aliphatic carboxylic acids is 1. The summed E-state index contributed by atoms with van der Waals surface area (Å²) in [6.07, 6.45) is 0.839. The minimum absolute atomic E-state index is 0.314. The minimum atomic E-state index is -1.17. The van der Waals surface area contributed by atoms with Gasteiger partial charge in [-0.15, -0.1) is 0 Å². The van der Waals surface area contributed by atoms with E-state index >= 15 is 0 Å². The first-order chi connectivity index (χ1) is 9.02. The van der Waals surface area contributed by atoms with Gasteiger partial charge >= 0.3 is 5.97 Å². The van der Waals surface area contributed by atoms with Crippen molar-refractivity contribution in [2.75, 3.05) is 7.11 Å². The van der Waals surface area contributed by atoms with Gasteiger partial charge in [-0.05, 0) is 18.6 Å². The van der Waals surface area contributed by atoms with Crippen molar-refractivity contribution < 1.29 is 19.7 Å². The number of benzene rings is 1. The van der Waals surface area contributed by atoms with E-state index in [9.17, 15) is 15.0 Å². The van der Waals surface area contributed by atoms with Crippen molar-refractivity contribution in [3.63, 3.8) is 0 Å². The third kappa shape index (κ3) is 3.85. The van der Waals surface area contributed by atoms with E-state index in [1.54, 1.807) is 18.2 Å². The van der Waals surface area contributed by atoms with Gasteiger partial charge in [0.2, 0.25) is 0 Å². The van der Waals surface area contributed by atoms with E-state index in [-0.39, 0.29) is 0 Å². The molecule has 0 radical (unpaired) electrons. The summed E-state index contributed by atoms with van der Waals surface area (Å²) < 4.78 is 5.14. The van der Waals surface area contributed by atoms with Crippen LogP contribution in [0.25, 0.3) is 0 Å². The molecule has 2 N–H and O–H groups in total. The molecular weight excluding hydrogens is 268 g/mol. The molecule has 1 aromatic carbocycles. The summed E-state index contributed by atoms with van der Waals surface area (Å²) in [5.74, 6) is -1.50. The third-order valence-corrected chi connectivity index (χ3v) is 3.43. The molecule has 0 heterocycles. The fourth-order valence-corrected chi connectivity index (χ4v) is 2.30. The fourth-order valence-electron chi connectivity index (χ4n) is 2.02. The Morgan fingerprint density at radius 1 is 1.47 bits per heavy atom. The number of methoxy groups -OCH3 is 1. The maximum Gasteiger partial charge on any atom is 0.309 e. The van der Waals surface area contributed by atoms with Crippen LogP contribution in [0, 0.1) is 5.92 Å². The largest absolute Gasteiger partial charge is 0.496 e. The van der Waals surface area contributed by atoms with Gasteiger partial charge in [-0.1, -0.05) is 37.4 Å². The lowest BCUT2D eigenvalue weighted by atomic mass is 9.90. The van der Waals surface area contributed by atoms with Crippen LogP contribution < -0.4 is 4.74 Å². The summed E-state index contributed by atoms with van der Waals surface area (Å²) in [5, 5.41) is 19.9. The van der Waals surface area contributed by atoms with Crippen molar-refractivity contribution in [3.05, 3.63) is 28.8 Å². The molecule has 0 aliphatic heterocycles. The van der Waals surface area contributed by atoms with Crippen LogP contribution in [-0.2, 0) is 4.79 Å². The lowest BCUT2D eigenvalue weighted by molar-refractivity contribution is -0.146. The van der Waals surface area contributed by atoms with Gasteiger partial charge in [0.25, 0.3) is 0 Å². The van der Waals surface area contributed by atoms with Gasteiger partial charge in [-0.3, -0.25) is 4.79 Å². The van der Waals surface area contributed by atoms with Crippen LogP contribution in [0.5, 0.6) is 5.75 Å². The topological polar surface area (TPSA) is 66.8 Å². The summed E-state index contributed by atoms with van der Waals surface area (Å²) in [4.78, 5) is 11.3. The van der Waals surface area contributed by atoms with Gasteiger partial charge in [0.1, 0.15) is 5.75 Å². The van der Waals surface area contributed by atoms with Crippen molar-refractivity contribution in [2.45, 2.75) is 32.3 Å². The molecule has 5 heteroatoms. The minimum Gasteiger partial charge on any atom is -0.496 e. The Kier molecular flexibility index (Phi) is 6.12. The molecule has 2 atom stereocenters. The molecule has 1 aromatic rings. The number of hydrogen-bond acceptors (Lipinski definition) is 3. The van der Waals surface area contributed by atoms with Crippen molar-refractivity contribution >= 4 is 17.6 Å². The molecule has 0 fully saturated rings. The normalized spacial score (nSPS) is 13.9. The first-order valence-corrected chi connectivity index (χ1v) is 6.64. The number of carboxylic acids is 1. The van der Waals surface area contributed by atoms with Crippen LogP contribution in [0.15, 0.2) is 18.2 Å². The van der Waals surface area contributed by atoms with E-state index in [1.807, 2.05) is 6.92 Å². The highest BCUT2D eigenvalue weighted by Crippen LogP contribution is 2.37. The average molecular weight is 287 g/mol. The molecule has 1 rings (SSSR count). The number of carboxylic acid groups (broad SMARTS) is 1. The summed E-state index contributed by atoms with van der Waals surface area (Å²) >= 11 is 6.05. The quantitative estimate of drug-likeness (QED) is 0.807. The zero-order valence-electron chi connectivity index (χ0n) is 11.1. The number of halogens is 1. The monoisotopic (exact) mass is 286 g/mol. The third-order valence-electron chi connectivity index (χ3n) is 3.10. The Morgan fingerprint density at radius 2 is 2.16 bits per heavy atom. The number of aliphatic hydroxyl groups excluding tert-OH is 1. The van der Waals surface area contributed by atoms with Crippen LogP contribution in [-0.4, -0.2) is 23.3 Å². The molecule has 0 aliphatic carbocycles. The van der Waals surface area contributed by atoms with Gasteiger partial charge in [0.05, 0.1) is 24.2 Å². The van der Waals surface area contributed by atoms with Crippen LogP contribution in [0.3, 0.4) is 0 Å². The van der Waals surface area contributed by atoms with Crippen molar-refractivity contribution in [1.29, 1.82) is 0 Å². The van der Waals surface area contributed by atoms with Crippen LogP contribution in [0.4, 0.5) is 0 Å². The Morgan fingerprint density at radius 3 is 2.68 bits per heavy atom. The van der Waals surface area contributed by atoms with Gasteiger partial charge in [-0.25, -0.2) is 0 Å². The Balaban J connectivity index is 3.08. The molecule has 0 aromatic heterocycles. The van der Waals surface area contributed by atoms with E-state index in [4.69, 9.17) is 16.3 Å². The highest BCUT2D eigenvalue weighted by Gasteiger charge is 2.30. The number of aliphatic hydroxyl groups is 1. The SMILES string of the molecule is CCCCC(C(=O)O)C(O)c1c(Cl)cccc1OC. The lowest BCUT2D eigenvalue weighted by Crippen LogP contribution is -2.22. The highest BCUT2D eigenvalue weighted by atomic mass is 35.5. The molecule has 106 valence electrons. The van der Waals surface area contributed by atoms with E-state index in [0.29, 0.717) is 22.8 Å². The zero-order chi connectivity index (χ0) is 14.4. The number of unbranched alkanes of at least 4 members (excludes halogenated alkanes) is 1. The molecular formula is C14H19ClO4. The van der Waals surface area contributed by atoms with Gasteiger partial charge in [0, 0.05) is 5.56 Å². The van der Waals surface area contributed by atoms with E-state index < -0.39 is 18.0 Å².